The molecule has 0 unspecified atom stereocenters. The third-order valence-corrected chi connectivity index (χ3v) is 1.92. The zero-order chi connectivity index (χ0) is 10.6. The molecule has 0 aliphatic rings. The summed E-state index contributed by atoms with van der Waals surface area (Å²) in [6.45, 7) is 3.86. The summed E-state index contributed by atoms with van der Waals surface area (Å²) in [5.74, 6) is 0. The highest BCUT2D eigenvalue weighted by Crippen LogP contribution is 2.03. The van der Waals surface area contributed by atoms with Gasteiger partial charge in [-0.3, -0.25) is 4.79 Å². The van der Waals surface area contributed by atoms with Crippen LogP contribution in [0.4, 0.5) is 0 Å². The monoisotopic (exact) mass is 192 g/mol. The SMILES string of the molecule is C/C=C/C=C/CCCC/C=C(\C)C=O. The molecule has 0 aromatic rings. The second-order valence-corrected chi connectivity index (χ2v) is 3.30. The molecule has 0 amide bonds. The maximum atomic E-state index is 10.3. The van der Waals surface area contributed by atoms with Gasteiger partial charge in [0, 0.05) is 0 Å². The van der Waals surface area contributed by atoms with E-state index in [0.717, 1.165) is 31.1 Å². The summed E-state index contributed by atoms with van der Waals surface area (Å²) >= 11 is 0. The van der Waals surface area contributed by atoms with Crippen molar-refractivity contribution in [2.24, 2.45) is 0 Å². The Kier molecular flexibility index (Phi) is 9.18. The van der Waals surface area contributed by atoms with Gasteiger partial charge in [-0.2, -0.15) is 0 Å². The fourth-order valence-electron chi connectivity index (χ4n) is 1.07. The van der Waals surface area contributed by atoms with Crippen LogP contribution >= 0.6 is 0 Å². The van der Waals surface area contributed by atoms with Crippen LogP contribution in [0.15, 0.2) is 36.0 Å². The number of hydrogen-bond donors (Lipinski definition) is 0. The average molecular weight is 192 g/mol. The third-order valence-electron chi connectivity index (χ3n) is 1.92. The molecular weight excluding hydrogens is 172 g/mol. The van der Waals surface area contributed by atoms with Gasteiger partial charge in [-0.15, -0.1) is 0 Å². The van der Waals surface area contributed by atoms with Crippen LogP contribution in [0, 0.1) is 0 Å². The number of hydrogen-bond acceptors (Lipinski definition) is 1. The van der Waals surface area contributed by atoms with Crippen molar-refractivity contribution in [1.29, 1.82) is 0 Å². The quantitative estimate of drug-likeness (QED) is 0.259. The lowest BCUT2D eigenvalue weighted by molar-refractivity contribution is -0.104. The van der Waals surface area contributed by atoms with Gasteiger partial charge in [0.1, 0.15) is 6.29 Å². The minimum Gasteiger partial charge on any atom is -0.298 e. The van der Waals surface area contributed by atoms with Crippen molar-refractivity contribution in [2.75, 3.05) is 0 Å². The van der Waals surface area contributed by atoms with E-state index >= 15 is 0 Å². The van der Waals surface area contributed by atoms with E-state index < -0.39 is 0 Å². The molecule has 1 nitrogen and oxygen atoms in total. The first-order chi connectivity index (χ1) is 6.81. The van der Waals surface area contributed by atoms with Crippen molar-refractivity contribution in [2.45, 2.75) is 39.5 Å². The Balaban J connectivity index is 3.34. The fourth-order valence-corrected chi connectivity index (χ4v) is 1.07. The molecule has 0 bridgehead atoms. The summed E-state index contributed by atoms with van der Waals surface area (Å²) < 4.78 is 0. The smallest absolute Gasteiger partial charge is 0.145 e. The molecule has 0 N–H and O–H groups in total. The van der Waals surface area contributed by atoms with Crippen LogP contribution in [-0.4, -0.2) is 6.29 Å². The molecule has 0 aromatic carbocycles. The molecule has 0 aromatic heterocycles. The van der Waals surface area contributed by atoms with Gasteiger partial charge in [0.05, 0.1) is 0 Å². The van der Waals surface area contributed by atoms with Crippen LogP contribution in [0.1, 0.15) is 39.5 Å². The third kappa shape index (κ3) is 8.98. The van der Waals surface area contributed by atoms with Gasteiger partial charge in [0.15, 0.2) is 0 Å². The van der Waals surface area contributed by atoms with Crippen molar-refractivity contribution >= 4 is 6.29 Å². The van der Waals surface area contributed by atoms with Gasteiger partial charge in [0.2, 0.25) is 0 Å². The lowest BCUT2D eigenvalue weighted by Crippen LogP contribution is -1.77. The standard InChI is InChI=1S/C13H20O/c1-3-4-5-6-7-8-9-10-11-13(2)12-14/h3-6,11-12H,7-10H2,1-2H3/b4-3+,6-5+,13-11+. The highest BCUT2D eigenvalue weighted by molar-refractivity contribution is 5.71. The second-order valence-electron chi connectivity index (χ2n) is 3.30. The maximum Gasteiger partial charge on any atom is 0.145 e. The zero-order valence-corrected chi connectivity index (χ0v) is 9.20. The predicted octanol–water partition coefficient (Wildman–Crippen LogP) is 3.82. The topological polar surface area (TPSA) is 17.1 Å². The summed E-state index contributed by atoms with van der Waals surface area (Å²) in [5.41, 5.74) is 0.842. The van der Waals surface area contributed by atoms with E-state index in [1.165, 1.54) is 6.42 Å². The molecule has 1 heteroatoms. The minimum absolute atomic E-state index is 0.842. The van der Waals surface area contributed by atoms with Gasteiger partial charge >= 0.3 is 0 Å². The number of allylic oxidation sites excluding steroid dienone is 6. The van der Waals surface area contributed by atoms with Crippen LogP contribution in [-0.2, 0) is 4.79 Å². The molecule has 0 fully saturated rings. The number of unbranched alkanes of at least 4 members (excludes halogenated alkanes) is 3. The van der Waals surface area contributed by atoms with Crippen molar-refractivity contribution < 1.29 is 4.79 Å². The average Bonchev–Trinajstić information content (AvgIpc) is 2.21. The summed E-state index contributed by atoms with van der Waals surface area (Å²) in [5, 5.41) is 0. The lowest BCUT2D eigenvalue weighted by atomic mass is 10.1. The van der Waals surface area contributed by atoms with E-state index in [-0.39, 0.29) is 0 Å². The molecule has 0 spiro atoms. The zero-order valence-electron chi connectivity index (χ0n) is 9.20. The summed E-state index contributed by atoms with van der Waals surface area (Å²) in [6, 6.07) is 0. The number of rotatable bonds is 7. The first-order valence-electron chi connectivity index (χ1n) is 5.21. The molecule has 0 saturated heterocycles. The van der Waals surface area contributed by atoms with Crippen molar-refractivity contribution in [3.8, 4) is 0 Å². The summed E-state index contributed by atoms with van der Waals surface area (Å²) in [7, 11) is 0. The molecule has 0 rings (SSSR count). The molecule has 78 valence electrons. The first-order valence-corrected chi connectivity index (χ1v) is 5.21. The van der Waals surface area contributed by atoms with E-state index in [1.54, 1.807) is 0 Å². The molecule has 0 heterocycles. The van der Waals surface area contributed by atoms with Crippen molar-refractivity contribution in [3.63, 3.8) is 0 Å². The molecule has 0 saturated carbocycles. The fraction of sp³-hybridized carbons (Fsp3) is 0.462. The Morgan fingerprint density at radius 1 is 1.14 bits per heavy atom. The normalized spacial score (nSPS) is 12.9. The Bertz CT molecular complexity index is 221. The van der Waals surface area contributed by atoms with Crippen molar-refractivity contribution in [3.05, 3.63) is 36.0 Å². The second kappa shape index (κ2) is 9.97. The molecule has 0 aliphatic carbocycles. The number of aldehydes is 1. The van der Waals surface area contributed by atoms with Gasteiger partial charge in [-0.05, 0) is 45.1 Å². The van der Waals surface area contributed by atoms with Crippen LogP contribution in [0.5, 0.6) is 0 Å². The van der Waals surface area contributed by atoms with Crippen LogP contribution < -0.4 is 0 Å². The van der Waals surface area contributed by atoms with Crippen molar-refractivity contribution in [1.82, 2.24) is 0 Å². The Morgan fingerprint density at radius 3 is 2.50 bits per heavy atom. The highest BCUT2D eigenvalue weighted by Gasteiger charge is 1.86. The Morgan fingerprint density at radius 2 is 1.86 bits per heavy atom. The van der Waals surface area contributed by atoms with Gasteiger partial charge in [-0.25, -0.2) is 0 Å². The summed E-state index contributed by atoms with van der Waals surface area (Å²) in [4.78, 5) is 10.3. The number of carbonyl (C=O) groups is 1. The van der Waals surface area contributed by atoms with Gasteiger partial charge in [0.25, 0.3) is 0 Å². The van der Waals surface area contributed by atoms with Gasteiger partial charge in [-0.1, -0.05) is 30.4 Å². The van der Waals surface area contributed by atoms with Crippen LogP contribution in [0.2, 0.25) is 0 Å². The van der Waals surface area contributed by atoms with E-state index in [0.29, 0.717) is 0 Å². The molecule has 0 atom stereocenters. The maximum absolute atomic E-state index is 10.3. The Hall–Kier alpha value is -1.11. The van der Waals surface area contributed by atoms with Crippen LogP contribution in [0.3, 0.4) is 0 Å². The molecule has 0 radical (unpaired) electrons. The van der Waals surface area contributed by atoms with E-state index in [2.05, 4.69) is 12.2 Å². The minimum atomic E-state index is 0.842. The van der Waals surface area contributed by atoms with E-state index in [4.69, 9.17) is 0 Å². The van der Waals surface area contributed by atoms with E-state index in [1.807, 2.05) is 32.1 Å². The summed E-state index contributed by atoms with van der Waals surface area (Å²) in [6.07, 6.45) is 15.7. The largest absolute Gasteiger partial charge is 0.298 e. The number of carbonyl (C=O) groups excluding carboxylic acids is 1. The molecule has 14 heavy (non-hydrogen) atoms. The lowest BCUT2D eigenvalue weighted by Gasteiger charge is -1.93. The Labute approximate surface area is 87.2 Å². The van der Waals surface area contributed by atoms with E-state index in [9.17, 15) is 4.79 Å². The highest BCUT2D eigenvalue weighted by atomic mass is 16.1. The predicted molar refractivity (Wildman–Crippen MR) is 62.2 cm³/mol. The van der Waals surface area contributed by atoms with Crippen LogP contribution in [0.25, 0.3) is 0 Å². The molecule has 0 aliphatic heterocycles. The van der Waals surface area contributed by atoms with Gasteiger partial charge < -0.3 is 0 Å². The first kappa shape index (κ1) is 12.9. The molecular formula is C13H20O.